The fraction of sp³-hybridized carbons (Fsp3) is 0.136. The molecule has 0 fully saturated rings. The lowest BCUT2D eigenvalue weighted by atomic mass is 10.0. The van der Waals surface area contributed by atoms with Crippen molar-refractivity contribution in [3.05, 3.63) is 89.2 Å². The first kappa shape index (κ1) is 19.6. The molecule has 0 aliphatic heterocycles. The minimum absolute atomic E-state index is 0.0977. The number of benzene rings is 2. The molecule has 0 aliphatic carbocycles. The van der Waals surface area contributed by atoms with Crippen LogP contribution in [-0.2, 0) is 4.79 Å². The van der Waals surface area contributed by atoms with Gasteiger partial charge < -0.3 is 10.6 Å². The molecule has 2 N–H and O–H groups in total. The van der Waals surface area contributed by atoms with Crippen LogP contribution in [0.25, 0.3) is 11.1 Å². The summed E-state index contributed by atoms with van der Waals surface area (Å²) in [5.41, 5.74) is 3.53. The van der Waals surface area contributed by atoms with Crippen LogP contribution in [0.3, 0.4) is 0 Å². The van der Waals surface area contributed by atoms with E-state index in [0.29, 0.717) is 10.6 Å². The maximum Gasteiger partial charge on any atom is 0.251 e. The summed E-state index contributed by atoms with van der Waals surface area (Å²) in [4.78, 5) is 28.3. The number of carbonyl (C=O) groups excluding carboxylic acids is 2. The molecule has 3 aromatic rings. The van der Waals surface area contributed by atoms with E-state index in [4.69, 9.17) is 11.6 Å². The van der Waals surface area contributed by atoms with E-state index in [0.717, 1.165) is 16.7 Å². The second kappa shape index (κ2) is 9.15. The quantitative estimate of drug-likeness (QED) is 0.664. The maximum atomic E-state index is 12.1. The van der Waals surface area contributed by atoms with Crippen LogP contribution >= 0.6 is 11.6 Å². The standard InChI is InChI=1S/C22H20ClN3O2/c1-15(16-4-6-17(7-5-16)19-3-2-12-24-13-19)26-21(27)14-25-22(28)18-8-10-20(23)11-9-18/h2-13,15H,14H2,1H3,(H,25,28)(H,26,27). The van der Waals surface area contributed by atoms with Gasteiger partial charge in [-0.15, -0.1) is 0 Å². The van der Waals surface area contributed by atoms with E-state index in [9.17, 15) is 9.59 Å². The summed E-state index contributed by atoms with van der Waals surface area (Å²) < 4.78 is 0. The molecule has 6 heteroatoms. The molecule has 142 valence electrons. The van der Waals surface area contributed by atoms with Crippen LogP contribution in [0.15, 0.2) is 73.1 Å². The lowest BCUT2D eigenvalue weighted by molar-refractivity contribution is -0.120. The summed E-state index contributed by atoms with van der Waals surface area (Å²) in [5, 5.41) is 6.04. The summed E-state index contributed by atoms with van der Waals surface area (Å²) in [6.07, 6.45) is 3.55. The first-order chi connectivity index (χ1) is 13.5. The molecule has 1 atom stereocenters. The van der Waals surface area contributed by atoms with E-state index in [1.807, 2.05) is 49.5 Å². The van der Waals surface area contributed by atoms with Gasteiger partial charge in [0.2, 0.25) is 5.91 Å². The van der Waals surface area contributed by atoms with Crippen molar-refractivity contribution in [1.29, 1.82) is 0 Å². The molecule has 28 heavy (non-hydrogen) atoms. The van der Waals surface area contributed by atoms with Crippen molar-refractivity contribution in [1.82, 2.24) is 15.6 Å². The van der Waals surface area contributed by atoms with Gasteiger partial charge in [-0.1, -0.05) is 41.9 Å². The van der Waals surface area contributed by atoms with Crippen molar-refractivity contribution < 1.29 is 9.59 Å². The molecule has 3 rings (SSSR count). The van der Waals surface area contributed by atoms with Crippen molar-refractivity contribution in [2.45, 2.75) is 13.0 Å². The number of rotatable bonds is 6. The lowest BCUT2D eigenvalue weighted by Gasteiger charge is -2.15. The molecular formula is C22H20ClN3O2. The Bertz CT molecular complexity index is 942. The number of pyridine rings is 1. The summed E-state index contributed by atoms with van der Waals surface area (Å²) in [5.74, 6) is -0.577. The van der Waals surface area contributed by atoms with E-state index in [-0.39, 0.29) is 24.4 Å². The number of nitrogens with one attached hydrogen (secondary N) is 2. The van der Waals surface area contributed by atoms with Crippen LogP contribution in [0.5, 0.6) is 0 Å². The third-order valence-electron chi connectivity index (χ3n) is 4.30. The van der Waals surface area contributed by atoms with Gasteiger partial charge in [-0.05, 0) is 53.9 Å². The predicted molar refractivity (Wildman–Crippen MR) is 110 cm³/mol. The highest BCUT2D eigenvalue weighted by Gasteiger charge is 2.12. The third kappa shape index (κ3) is 5.18. The first-order valence-electron chi connectivity index (χ1n) is 8.86. The number of hydrogen-bond acceptors (Lipinski definition) is 3. The van der Waals surface area contributed by atoms with Gasteiger partial charge in [-0.2, -0.15) is 0 Å². The molecule has 0 saturated heterocycles. The molecule has 0 bridgehead atoms. The van der Waals surface area contributed by atoms with Crippen molar-refractivity contribution in [3.8, 4) is 11.1 Å². The molecule has 0 saturated carbocycles. The van der Waals surface area contributed by atoms with Crippen molar-refractivity contribution in [2.24, 2.45) is 0 Å². The van der Waals surface area contributed by atoms with Crippen molar-refractivity contribution in [2.75, 3.05) is 6.54 Å². The molecule has 2 aromatic carbocycles. The Morgan fingerprint density at radius 2 is 1.71 bits per heavy atom. The van der Waals surface area contributed by atoms with Crippen molar-refractivity contribution in [3.63, 3.8) is 0 Å². The van der Waals surface area contributed by atoms with Gasteiger partial charge in [-0.25, -0.2) is 0 Å². The fourth-order valence-electron chi connectivity index (χ4n) is 2.74. The average molecular weight is 394 g/mol. The molecule has 1 heterocycles. The van der Waals surface area contributed by atoms with Crippen LogP contribution in [0, 0.1) is 0 Å². The van der Waals surface area contributed by atoms with E-state index < -0.39 is 0 Å². The topological polar surface area (TPSA) is 71.1 Å². The molecule has 0 radical (unpaired) electrons. The number of halogens is 1. The van der Waals surface area contributed by atoms with E-state index in [2.05, 4.69) is 15.6 Å². The second-order valence-corrected chi connectivity index (χ2v) is 6.78. The molecule has 1 aromatic heterocycles. The highest BCUT2D eigenvalue weighted by atomic mass is 35.5. The summed E-state index contributed by atoms with van der Waals surface area (Å²) in [6.45, 7) is 1.80. The van der Waals surface area contributed by atoms with Crippen LogP contribution in [0.1, 0.15) is 28.9 Å². The Kier molecular flexibility index (Phi) is 6.40. The van der Waals surface area contributed by atoms with Gasteiger partial charge in [0, 0.05) is 23.0 Å². The number of carbonyl (C=O) groups is 2. The highest BCUT2D eigenvalue weighted by Crippen LogP contribution is 2.21. The molecule has 0 aliphatic rings. The normalized spacial score (nSPS) is 11.5. The zero-order valence-electron chi connectivity index (χ0n) is 15.4. The molecule has 1 unspecified atom stereocenters. The summed E-state index contributed by atoms with van der Waals surface area (Å²) in [6, 6.07) is 18.1. The Balaban J connectivity index is 1.52. The SMILES string of the molecule is CC(NC(=O)CNC(=O)c1ccc(Cl)cc1)c1ccc(-c2cccnc2)cc1. The first-order valence-corrected chi connectivity index (χ1v) is 9.24. The molecule has 5 nitrogen and oxygen atoms in total. The van der Waals surface area contributed by atoms with Gasteiger partial charge in [-0.3, -0.25) is 14.6 Å². The highest BCUT2D eigenvalue weighted by molar-refractivity contribution is 6.30. The number of nitrogens with zero attached hydrogens (tertiary/aromatic N) is 1. The zero-order chi connectivity index (χ0) is 19.9. The molecule has 0 spiro atoms. The maximum absolute atomic E-state index is 12.1. The van der Waals surface area contributed by atoms with Crippen LogP contribution in [0.4, 0.5) is 0 Å². The van der Waals surface area contributed by atoms with Crippen LogP contribution in [-0.4, -0.2) is 23.3 Å². The Morgan fingerprint density at radius 1 is 1.00 bits per heavy atom. The molecule has 2 amide bonds. The average Bonchev–Trinajstić information content (AvgIpc) is 2.73. The minimum Gasteiger partial charge on any atom is -0.348 e. The van der Waals surface area contributed by atoms with E-state index in [1.165, 1.54) is 0 Å². The van der Waals surface area contributed by atoms with E-state index in [1.54, 1.807) is 30.5 Å². The van der Waals surface area contributed by atoms with Gasteiger partial charge in [0.1, 0.15) is 0 Å². The van der Waals surface area contributed by atoms with Crippen LogP contribution in [0.2, 0.25) is 5.02 Å². The van der Waals surface area contributed by atoms with Gasteiger partial charge in [0.25, 0.3) is 5.91 Å². The van der Waals surface area contributed by atoms with Gasteiger partial charge in [0.05, 0.1) is 12.6 Å². The van der Waals surface area contributed by atoms with Gasteiger partial charge in [0.15, 0.2) is 0 Å². The fourth-order valence-corrected chi connectivity index (χ4v) is 2.86. The number of hydrogen-bond donors (Lipinski definition) is 2. The summed E-state index contributed by atoms with van der Waals surface area (Å²) in [7, 11) is 0. The lowest BCUT2D eigenvalue weighted by Crippen LogP contribution is -2.38. The third-order valence-corrected chi connectivity index (χ3v) is 4.55. The largest absolute Gasteiger partial charge is 0.348 e. The Morgan fingerprint density at radius 3 is 2.36 bits per heavy atom. The molecular weight excluding hydrogens is 374 g/mol. The van der Waals surface area contributed by atoms with Crippen molar-refractivity contribution >= 4 is 23.4 Å². The second-order valence-electron chi connectivity index (χ2n) is 6.34. The number of amides is 2. The van der Waals surface area contributed by atoms with E-state index >= 15 is 0 Å². The smallest absolute Gasteiger partial charge is 0.251 e. The van der Waals surface area contributed by atoms with Crippen LogP contribution < -0.4 is 10.6 Å². The van der Waals surface area contributed by atoms with Gasteiger partial charge >= 0.3 is 0 Å². The Labute approximate surface area is 168 Å². The number of aromatic nitrogens is 1. The Hall–Kier alpha value is -3.18. The zero-order valence-corrected chi connectivity index (χ0v) is 16.1. The minimum atomic E-state index is -0.319. The predicted octanol–water partition coefficient (Wildman–Crippen LogP) is 4.01. The monoisotopic (exact) mass is 393 g/mol. The summed E-state index contributed by atoms with van der Waals surface area (Å²) >= 11 is 5.80.